The van der Waals surface area contributed by atoms with E-state index in [1.165, 1.54) is 5.56 Å². The van der Waals surface area contributed by atoms with Crippen molar-refractivity contribution < 1.29 is 9.53 Å². The van der Waals surface area contributed by atoms with Gasteiger partial charge in [-0.25, -0.2) is 5.43 Å². The van der Waals surface area contributed by atoms with Crippen LogP contribution in [0.3, 0.4) is 0 Å². The van der Waals surface area contributed by atoms with Crippen molar-refractivity contribution in [1.82, 2.24) is 5.43 Å². The molecule has 0 bridgehead atoms. The van der Waals surface area contributed by atoms with E-state index in [2.05, 4.69) is 63.2 Å². The van der Waals surface area contributed by atoms with Gasteiger partial charge in [-0.15, -0.1) is 0 Å². The molecule has 0 radical (unpaired) electrons. The van der Waals surface area contributed by atoms with Crippen LogP contribution >= 0.6 is 31.9 Å². The molecule has 4 nitrogen and oxygen atoms in total. The van der Waals surface area contributed by atoms with E-state index in [1.807, 2.05) is 66.7 Å². The Morgan fingerprint density at radius 2 is 1.71 bits per heavy atom. The van der Waals surface area contributed by atoms with Gasteiger partial charge in [0.15, 0.2) is 0 Å². The van der Waals surface area contributed by atoms with Crippen LogP contribution in [0.5, 0.6) is 5.75 Å². The van der Waals surface area contributed by atoms with Gasteiger partial charge in [0.25, 0.3) is 5.91 Å². The van der Waals surface area contributed by atoms with Gasteiger partial charge in [0.1, 0.15) is 12.4 Å². The molecule has 0 saturated heterocycles. The largest absolute Gasteiger partial charge is 0.488 e. The molecule has 1 N–H and O–H groups in total. The van der Waals surface area contributed by atoms with Crippen LogP contribution in [-0.4, -0.2) is 12.1 Å². The topological polar surface area (TPSA) is 50.7 Å². The monoisotopic (exact) mass is 542 g/mol. The van der Waals surface area contributed by atoms with Crippen molar-refractivity contribution in [2.45, 2.75) is 32.8 Å². The number of nitrogens with one attached hydrogen (secondary N) is 1. The first-order valence-corrected chi connectivity index (χ1v) is 11.4. The van der Waals surface area contributed by atoms with Crippen LogP contribution in [0.4, 0.5) is 0 Å². The maximum Gasteiger partial charge on any atom is 0.271 e. The van der Waals surface area contributed by atoms with Gasteiger partial charge in [-0.05, 0) is 59.0 Å². The van der Waals surface area contributed by atoms with Crippen LogP contribution in [0.2, 0.25) is 0 Å². The minimum atomic E-state index is -0.261. The minimum absolute atomic E-state index is 0.0418. The summed E-state index contributed by atoms with van der Waals surface area (Å²) in [5.41, 5.74) is 6.17. The van der Waals surface area contributed by atoms with Crippen LogP contribution in [0, 0.1) is 0 Å². The Morgan fingerprint density at radius 1 is 1.00 bits per heavy atom. The molecule has 3 rings (SSSR count). The highest BCUT2D eigenvalue weighted by Crippen LogP contribution is 2.24. The van der Waals surface area contributed by atoms with Crippen molar-refractivity contribution in [3.63, 3.8) is 0 Å². The number of halogens is 2. The zero-order valence-corrected chi connectivity index (χ0v) is 20.8. The lowest BCUT2D eigenvalue weighted by Gasteiger charge is -2.18. The molecule has 3 aromatic carbocycles. The van der Waals surface area contributed by atoms with Crippen LogP contribution < -0.4 is 10.2 Å². The number of hydrogen-bond donors (Lipinski definition) is 1. The number of benzene rings is 3. The molecule has 0 aliphatic heterocycles. The Labute approximate surface area is 200 Å². The summed E-state index contributed by atoms with van der Waals surface area (Å²) in [5, 5.41) is 4.13. The van der Waals surface area contributed by atoms with E-state index in [4.69, 9.17) is 4.74 Å². The normalized spacial score (nSPS) is 11.5. The van der Waals surface area contributed by atoms with Gasteiger partial charge in [-0.3, -0.25) is 4.79 Å². The molecule has 6 heteroatoms. The van der Waals surface area contributed by atoms with Gasteiger partial charge in [-0.2, -0.15) is 5.10 Å². The molecule has 160 valence electrons. The van der Waals surface area contributed by atoms with E-state index in [-0.39, 0.29) is 11.3 Å². The molecule has 0 spiro atoms. The summed E-state index contributed by atoms with van der Waals surface area (Å²) in [4.78, 5) is 12.4. The fraction of sp³-hybridized carbons (Fsp3) is 0.200. The number of amides is 1. The summed E-state index contributed by atoms with van der Waals surface area (Å²) in [6.07, 6.45) is 1.59. The second-order valence-corrected chi connectivity index (χ2v) is 9.96. The first-order chi connectivity index (χ1) is 14.7. The van der Waals surface area contributed by atoms with Crippen molar-refractivity contribution in [1.29, 1.82) is 0 Å². The fourth-order valence-corrected chi connectivity index (χ4v) is 3.71. The van der Waals surface area contributed by atoms with Gasteiger partial charge < -0.3 is 4.74 Å². The summed E-state index contributed by atoms with van der Waals surface area (Å²) in [7, 11) is 0. The zero-order valence-electron chi connectivity index (χ0n) is 17.7. The molecule has 0 aliphatic rings. The molecule has 0 fully saturated rings. The maximum absolute atomic E-state index is 12.4. The summed E-state index contributed by atoms with van der Waals surface area (Å²) in [6.45, 7) is 6.84. The third-order valence-corrected chi connectivity index (χ3v) is 5.62. The second-order valence-electron chi connectivity index (χ2n) is 8.13. The van der Waals surface area contributed by atoms with E-state index in [9.17, 15) is 4.79 Å². The van der Waals surface area contributed by atoms with E-state index in [0.29, 0.717) is 17.9 Å². The van der Waals surface area contributed by atoms with E-state index >= 15 is 0 Å². The Bertz CT molecular complexity index is 1090. The average Bonchev–Trinajstić information content (AvgIpc) is 2.72. The van der Waals surface area contributed by atoms with Gasteiger partial charge in [-0.1, -0.05) is 76.9 Å². The molecule has 31 heavy (non-hydrogen) atoms. The van der Waals surface area contributed by atoms with E-state index in [1.54, 1.807) is 6.21 Å². The SMILES string of the molecule is CC(C)(C)c1ccc(C(=O)N/N=C\c2cc(Br)ccc2OCc2cccc(Br)c2)cc1. The lowest BCUT2D eigenvalue weighted by molar-refractivity contribution is 0.0955. The minimum Gasteiger partial charge on any atom is -0.488 e. The number of hydrogen-bond acceptors (Lipinski definition) is 3. The summed E-state index contributed by atoms with van der Waals surface area (Å²) >= 11 is 6.94. The Morgan fingerprint density at radius 3 is 2.39 bits per heavy atom. The van der Waals surface area contributed by atoms with E-state index in [0.717, 1.165) is 20.1 Å². The van der Waals surface area contributed by atoms with Crippen molar-refractivity contribution in [2.75, 3.05) is 0 Å². The highest BCUT2D eigenvalue weighted by Gasteiger charge is 2.14. The fourth-order valence-electron chi connectivity index (χ4n) is 2.89. The van der Waals surface area contributed by atoms with Crippen LogP contribution in [0.15, 0.2) is 80.8 Å². The second kappa shape index (κ2) is 10.2. The molecular weight excluding hydrogens is 520 g/mol. The molecule has 3 aromatic rings. The number of carbonyl (C=O) groups excluding carboxylic acids is 1. The molecule has 0 heterocycles. The average molecular weight is 544 g/mol. The van der Waals surface area contributed by atoms with Gasteiger partial charge in [0.05, 0.1) is 6.21 Å². The van der Waals surface area contributed by atoms with E-state index < -0.39 is 0 Å². The van der Waals surface area contributed by atoms with Crippen molar-refractivity contribution in [3.05, 3.63) is 97.9 Å². The lowest BCUT2D eigenvalue weighted by Crippen LogP contribution is -2.18. The molecule has 0 unspecified atom stereocenters. The summed E-state index contributed by atoms with van der Waals surface area (Å²) in [5.74, 6) is 0.416. The Kier molecular flexibility index (Phi) is 7.68. The zero-order chi connectivity index (χ0) is 22.4. The van der Waals surface area contributed by atoms with Gasteiger partial charge >= 0.3 is 0 Å². The number of hydrazone groups is 1. The lowest BCUT2D eigenvalue weighted by atomic mass is 9.87. The molecule has 0 aromatic heterocycles. The third kappa shape index (κ3) is 6.77. The van der Waals surface area contributed by atoms with Gasteiger partial charge in [0.2, 0.25) is 0 Å². The van der Waals surface area contributed by atoms with Crippen molar-refractivity contribution >= 4 is 44.0 Å². The van der Waals surface area contributed by atoms with Crippen molar-refractivity contribution in [2.24, 2.45) is 5.10 Å². The number of ether oxygens (including phenoxy) is 1. The first-order valence-electron chi connectivity index (χ1n) is 9.83. The third-order valence-electron chi connectivity index (χ3n) is 4.64. The van der Waals surface area contributed by atoms with Crippen LogP contribution in [-0.2, 0) is 12.0 Å². The van der Waals surface area contributed by atoms with Crippen LogP contribution in [0.25, 0.3) is 0 Å². The summed E-state index contributed by atoms with van der Waals surface area (Å²) < 4.78 is 7.88. The molecule has 0 aliphatic carbocycles. The van der Waals surface area contributed by atoms with Gasteiger partial charge in [0, 0.05) is 20.1 Å². The molecule has 1 amide bonds. The van der Waals surface area contributed by atoms with Crippen LogP contribution in [0.1, 0.15) is 47.8 Å². The molecule has 0 atom stereocenters. The predicted octanol–water partition coefficient (Wildman–Crippen LogP) is 6.85. The first kappa shape index (κ1) is 23.2. The number of carbonyl (C=O) groups is 1. The highest BCUT2D eigenvalue weighted by molar-refractivity contribution is 9.10. The Balaban J connectivity index is 1.67. The highest BCUT2D eigenvalue weighted by atomic mass is 79.9. The quantitative estimate of drug-likeness (QED) is 0.273. The molecule has 0 saturated carbocycles. The maximum atomic E-state index is 12.4. The smallest absolute Gasteiger partial charge is 0.271 e. The number of nitrogens with zero attached hydrogens (tertiary/aromatic N) is 1. The Hall–Kier alpha value is -2.44. The van der Waals surface area contributed by atoms with Crippen molar-refractivity contribution in [3.8, 4) is 5.75 Å². The molecular formula is C25H24Br2N2O2. The standard InChI is InChI=1S/C25H24Br2N2O2/c1-25(2,3)20-9-7-18(8-10-20)24(30)29-28-15-19-14-22(27)11-12-23(19)31-16-17-5-4-6-21(26)13-17/h4-15H,16H2,1-3H3,(H,29,30)/b28-15-. The predicted molar refractivity (Wildman–Crippen MR) is 133 cm³/mol. The number of rotatable bonds is 6. The summed E-state index contributed by atoms with van der Waals surface area (Å²) in [6, 6.07) is 21.2.